The minimum Gasteiger partial charge on any atom is -0.481 e. The van der Waals surface area contributed by atoms with Crippen LogP contribution in [-0.4, -0.2) is 22.8 Å². The summed E-state index contributed by atoms with van der Waals surface area (Å²) < 4.78 is 6.98. The average Bonchev–Trinajstić information content (AvgIpc) is 3.02. The Morgan fingerprint density at radius 2 is 2.35 bits per heavy atom. The molecule has 0 aromatic carbocycles. The molecule has 2 heterocycles. The molecule has 1 N–H and O–H groups in total. The number of carbonyl (C=O) groups excluding carboxylic acids is 1. The molecule has 0 bridgehead atoms. The van der Waals surface area contributed by atoms with Crippen molar-refractivity contribution in [2.24, 2.45) is 7.05 Å². The molecule has 0 aliphatic rings. The lowest BCUT2D eigenvalue weighted by atomic mass is 10.2. The van der Waals surface area contributed by atoms with Gasteiger partial charge in [0.1, 0.15) is 0 Å². The number of nitrogens with zero attached hydrogens (tertiary/aromatic N) is 2. The minimum atomic E-state index is 0.0451. The fraction of sp³-hybridized carbons (Fsp3) is 0.429. The number of nitrogens with one attached hydrogen (secondary N) is 1. The summed E-state index contributed by atoms with van der Waals surface area (Å²) in [5.74, 6) is 0.741. The molecule has 0 radical (unpaired) electrons. The van der Waals surface area contributed by atoms with Crippen molar-refractivity contribution in [1.29, 1.82) is 0 Å². The van der Waals surface area contributed by atoms with Crippen LogP contribution in [-0.2, 0) is 24.8 Å². The summed E-state index contributed by atoms with van der Waals surface area (Å²) in [6.07, 6.45) is 1.29. The van der Waals surface area contributed by atoms with Crippen molar-refractivity contribution in [2.45, 2.75) is 26.3 Å². The van der Waals surface area contributed by atoms with Gasteiger partial charge in [-0.3, -0.25) is 4.79 Å². The maximum absolute atomic E-state index is 11.9. The molecule has 0 aliphatic heterocycles. The van der Waals surface area contributed by atoms with Gasteiger partial charge in [-0.05, 0) is 24.8 Å². The van der Waals surface area contributed by atoms with Gasteiger partial charge in [-0.1, -0.05) is 6.07 Å². The van der Waals surface area contributed by atoms with Crippen LogP contribution < -0.4 is 10.1 Å². The smallest absolute Gasteiger partial charge is 0.220 e. The predicted molar refractivity (Wildman–Crippen MR) is 79.0 cm³/mol. The molecular weight excluding hydrogens is 274 g/mol. The lowest BCUT2D eigenvalue weighted by molar-refractivity contribution is -0.121. The van der Waals surface area contributed by atoms with Gasteiger partial charge >= 0.3 is 0 Å². The van der Waals surface area contributed by atoms with Gasteiger partial charge < -0.3 is 10.1 Å². The predicted octanol–water partition coefficient (Wildman–Crippen LogP) is 2.05. The Kier molecular flexibility index (Phi) is 4.79. The van der Waals surface area contributed by atoms with Gasteiger partial charge in [-0.25, -0.2) is 4.68 Å². The van der Waals surface area contributed by atoms with E-state index in [1.807, 2.05) is 31.5 Å². The van der Waals surface area contributed by atoms with E-state index in [2.05, 4.69) is 10.4 Å². The zero-order valence-electron chi connectivity index (χ0n) is 12.0. The van der Waals surface area contributed by atoms with E-state index < -0.39 is 0 Å². The van der Waals surface area contributed by atoms with Crippen LogP contribution in [0.25, 0.3) is 0 Å². The molecule has 20 heavy (non-hydrogen) atoms. The Morgan fingerprint density at radius 3 is 3.00 bits per heavy atom. The summed E-state index contributed by atoms with van der Waals surface area (Å²) >= 11 is 1.68. The van der Waals surface area contributed by atoms with Crippen LogP contribution in [0.2, 0.25) is 0 Å². The van der Waals surface area contributed by atoms with Crippen molar-refractivity contribution < 1.29 is 9.53 Å². The first kappa shape index (κ1) is 14.6. The SMILES string of the molecule is COc1c(CNC(=O)CCc2cccs2)c(C)nn1C. The first-order chi connectivity index (χ1) is 9.61. The minimum absolute atomic E-state index is 0.0451. The third-order valence-corrected chi connectivity index (χ3v) is 4.06. The maximum atomic E-state index is 11.9. The van der Waals surface area contributed by atoms with Crippen molar-refractivity contribution in [3.8, 4) is 5.88 Å². The number of carbonyl (C=O) groups is 1. The Morgan fingerprint density at radius 1 is 1.55 bits per heavy atom. The summed E-state index contributed by atoms with van der Waals surface area (Å²) in [6, 6.07) is 4.05. The second kappa shape index (κ2) is 6.56. The number of thiophene rings is 1. The van der Waals surface area contributed by atoms with E-state index in [1.54, 1.807) is 23.1 Å². The molecule has 0 aliphatic carbocycles. The molecule has 108 valence electrons. The van der Waals surface area contributed by atoms with Gasteiger partial charge in [0.2, 0.25) is 11.8 Å². The molecule has 0 unspecified atom stereocenters. The third kappa shape index (κ3) is 3.39. The number of methoxy groups -OCH3 is 1. The molecule has 6 heteroatoms. The van der Waals surface area contributed by atoms with Crippen LogP contribution in [0.1, 0.15) is 22.6 Å². The number of aryl methyl sites for hydroxylation is 3. The van der Waals surface area contributed by atoms with Crippen molar-refractivity contribution in [3.05, 3.63) is 33.6 Å². The third-order valence-electron chi connectivity index (χ3n) is 3.12. The molecule has 0 saturated carbocycles. The fourth-order valence-electron chi connectivity index (χ4n) is 2.11. The van der Waals surface area contributed by atoms with Crippen molar-refractivity contribution in [1.82, 2.24) is 15.1 Å². The van der Waals surface area contributed by atoms with Crippen LogP contribution >= 0.6 is 11.3 Å². The standard InChI is InChI=1S/C14H19N3O2S/c1-10-12(14(19-3)17(2)16-10)9-15-13(18)7-6-11-5-4-8-20-11/h4-5,8H,6-7,9H2,1-3H3,(H,15,18). The lowest BCUT2D eigenvalue weighted by Crippen LogP contribution is -2.23. The number of rotatable bonds is 6. The van der Waals surface area contributed by atoms with Crippen molar-refractivity contribution >= 4 is 17.2 Å². The zero-order valence-corrected chi connectivity index (χ0v) is 12.8. The number of hydrogen-bond acceptors (Lipinski definition) is 4. The first-order valence-corrected chi connectivity index (χ1v) is 7.35. The Bertz CT molecular complexity index is 576. The molecule has 0 atom stereocenters. The van der Waals surface area contributed by atoms with Crippen molar-refractivity contribution in [2.75, 3.05) is 7.11 Å². The van der Waals surface area contributed by atoms with E-state index in [-0.39, 0.29) is 5.91 Å². The first-order valence-electron chi connectivity index (χ1n) is 6.47. The molecule has 0 spiro atoms. The number of hydrogen-bond donors (Lipinski definition) is 1. The van der Waals surface area contributed by atoms with Crippen LogP contribution in [0.3, 0.4) is 0 Å². The number of aromatic nitrogens is 2. The van der Waals surface area contributed by atoms with Crippen LogP contribution in [0.4, 0.5) is 0 Å². The second-order valence-electron chi connectivity index (χ2n) is 4.55. The monoisotopic (exact) mass is 293 g/mol. The van der Waals surface area contributed by atoms with Crippen LogP contribution in [0.15, 0.2) is 17.5 Å². The van der Waals surface area contributed by atoms with Gasteiger partial charge in [-0.2, -0.15) is 5.10 Å². The van der Waals surface area contributed by atoms with E-state index in [4.69, 9.17) is 4.74 Å². The molecule has 2 aromatic heterocycles. The molecule has 5 nitrogen and oxygen atoms in total. The Hall–Kier alpha value is -1.82. The summed E-state index contributed by atoms with van der Waals surface area (Å²) in [7, 11) is 3.44. The average molecular weight is 293 g/mol. The largest absolute Gasteiger partial charge is 0.481 e. The summed E-state index contributed by atoms with van der Waals surface area (Å²) in [6.45, 7) is 2.36. The highest BCUT2D eigenvalue weighted by atomic mass is 32.1. The second-order valence-corrected chi connectivity index (χ2v) is 5.59. The van der Waals surface area contributed by atoms with E-state index >= 15 is 0 Å². The van der Waals surface area contributed by atoms with E-state index in [9.17, 15) is 4.79 Å². The molecule has 1 amide bonds. The lowest BCUT2D eigenvalue weighted by Gasteiger charge is -2.07. The summed E-state index contributed by atoms with van der Waals surface area (Å²) in [5.41, 5.74) is 1.81. The maximum Gasteiger partial charge on any atom is 0.220 e. The van der Waals surface area contributed by atoms with Gasteiger partial charge in [0, 0.05) is 24.9 Å². The highest BCUT2D eigenvalue weighted by molar-refractivity contribution is 7.09. The van der Waals surface area contributed by atoms with Crippen LogP contribution in [0.5, 0.6) is 5.88 Å². The topological polar surface area (TPSA) is 56.1 Å². The van der Waals surface area contributed by atoms with Crippen LogP contribution in [0, 0.1) is 6.92 Å². The molecule has 2 aromatic rings. The normalized spacial score (nSPS) is 10.6. The summed E-state index contributed by atoms with van der Waals surface area (Å²) in [4.78, 5) is 13.1. The zero-order chi connectivity index (χ0) is 14.5. The highest BCUT2D eigenvalue weighted by Crippen LogP contribution is 2.20. The fourth-order valence-corrected chi connectivity index (χ4v) is 2.82. The Labute approximate surface area is 122 Å². The molecule has 2 rings (SSSR count). The van der Waals surface area contributed by atoms with E-state index in [1.165, 1.54) is 4.88 Å². The van der Waals surface area contributed by atoms with Gasteiger partial charge in [-0.15, -0.1) is 11.3 Å². The summed E-state index contributed by atoms with van der Waals surface area (Å²) in [5, 5.41) is 9.24. The number of amides is 1. The molecule has 0 fully saturated rings. The van der Waals surface area contributed by atoms with E-state index in [0.717, 1.165) is 17.7 Å². The van der Waals surface area contributed by atoms with Gasteiger partial charge in [0.05, 0.1) is 18.4 Å². The number of ether oxygens (including phenoxy) is 1. The van der Waals surface area contributed by atoms with Crippen molar-refractivity contribution in [3.63, 3.8) is 0 Å². The van der Waals surface area contributed by atoms with E-state index in [0.29, 0.717) is 18.8 Å². The van der Waals surface area contributed by atoms with Gasteiger partial charge in [0.15, 0.2) is 0 Å². The van der Waals surface area contributed by atoms with Gasteiger partial charge in [0.25, 0.3) is 0 Å². The quantitative estimate of drug-likeness (QED) is 0.887. The molecular formula is C14H19N3O2S. The molecule has 0 saturated heterocycles. The highest BCUT2D eigenvalue weighted by Gasteiger charge is 2.14. The Balaban J connectivity index is 1.87.